The third kappa shape index (κ3) is 4.41. The van der Waals surface area contributed by atoms with Crippen LogP contribution in [0.3, 0.4) is 0 Å². The number of nitrogens with one attached hydrogen (secondary N) is 1. The molecule has 0 fully saturated rings. The Kier molecular flexibility index (Phi) is 6.06. The monoisotopic (exact) mass is 404 g/mol. The van der Waals surface area contributed by atoms with E-state index in [2.05, 4.69) is 10.3 Å². The highest BCUT2D eigenvalue weighted by atomic mass is 32.2. The molecular formula is C15H20N2O7S2. The SMILES string of the molecule is COC(CNc1oc(S(C)(=O)=O)nc1S(=O)(=O)c1ccc(C)cc1)OC. The van der Waals surface area contributed by atoms with Crippen molar-refractivity contribution >= 4 is 25.6 Å². The van der Waals surface area contributed by atoms with Gasteiger partial charge in [-0.05, 0) is 19.1 Å². The van der Waals surface area contributed by atoms with Gasteiger partial charge in [0.2, 0.25) is 30.6 Å². The molecule has 1 N–H and O–H groups in total. The van der Waals surface area contributed by atoms with E-state index in [-0.39, 0.29) is 17.3 Å². The summed E-state index contributed by atoms with van der Waals surface area (Å²) in [6.45, 7) is 1.83. The quantitative estimate of drug-likeness (QED) is 0.647. The minimum atomic E-state index is -4.10. The molecule has 0 unspecified atom stereocenters. The van der Waals surface area contributed by atoms with Gasteiger partial charge in [-0.15, -0.1) is 0 Å². The number of ether oxygens (including phenoxy) is 2. The predicted molar refractivity (Wildman–Crippen MR) is 92.5 cm³/mol. The number of nitrogens with zero attached hydrogens (tertiary/aromatic N) is 1. The smallest absolute Gasteiger partial charge is 0.317 e. The summed E-state index contributed by atoms with van der Waals surface area (Å²) < 4.78 is 64.4. The van der Waals surface area contributed by atoms with Crippen LogP contribution in [0, 0.1) is 6.92 Å². The van der Waals surface area contributed by atoms with Gasteiger partial charge in [-0.3, -0.25) is 0 Å². The van der Waals surface area contributed by atoms with Gasteiger partial charge in [-0.1, -0.05) is 17.7 Å². The average molecular weight is 404 g/mol. The van der Waals surface area contributed by atoms with Crippen LogP contribution in [0.25, 0.3) is 0 Å². The number of methoxy groups -OCH3 is 2. The number of benzene rings is 1. The first kappa shape index (κ1) is 20.4. The molecule has 2 rings (SSSR count). The normalized spacial score (nSPS) is 12.5. The van der Waals surface area contributed by atoms with Crippen molar-refractivity contribution in [3.8, 4) is 0 Å². The highest BCUT2D eigenvalue weighted by Crippen LogP contribution is 2.30. The van der Waals surface area contributed by atoms with Gasteiger partial charge in [0.25, 0.3) is 0 Å². The zero-order chi connectivity index (χ0) is 19.5. The molecular weight excluding hydrogens is 384 g/mol. The highest BCUT2D eigenvalue weighted by molar-refractivity contribution is 7.92. The lowest BCUT2D eigenvalue weighted by Gasteiger charge is -2.13. The molecule has 0 bridgehead atoms. The van der Waals surface area contributed by atoms with E-state index in [9.17, 15) is 16.8 Å². The first-order valence-electron chi connectivity index (χ1n) is 7.41. The number of sulfone groups is 2. The number of hydrogen-bond acceptors (Lipinski definition) is 9. The number of aromatic nitrogens is 1. The number of aryl methyl sites for hydroxylation is 1. The zero-order valence-corrected chi connectivity index (χ0v) is 16.3. The maximum atomic E-state index is 12.9. The van der Waals surface area contributed by atoms with E-state index < -0.39 is 36.2 Å². The Morgan fingerprint density at radius 3 is 2.19 bits per heavy atom. The zero-order valence-electron chi connectivity index (χ0n) is 14.7. The van der Waals surface area contributed by atoms with E-state index in [1.54, 1.807) is 12.1 Å². The summed E-state index contributed by atoms with van der Waals surface area (Å²) in [6, 6.07) is 6.08. The summed E-state index contributed by atoms with van der Waals surface area (Å²) in [4.78, 5) is 3.66. The molecule has 0 radical (unpaired) electrons. The number of rotatable bonds is 8. The Bertz CT molecular complexity index is 960. The van der Waals surface area contributed by atoms with Crippen molar-refractivity contribution < 1.29 is 30.7 Å². The Morgan fingerprint density at radius 2 is 1.69 bits per heavy atom. The van der Waals surface area contributed by atoms with E-state index in [0.29, 0.717) is 0 Å². The van der Waals surface area contributed by atoms with E-state index in [1.165, 1.54) is 26.4 Å². The molecule has 26 heavy (non-hydrogen) atoms. The first-order valence-corrected chi connectivity index (χ1v) is 10.8. The Balaban J connectivity index is 2.51. The molecule has 0 aliphatic heterocycles. The molecule has 2 aromatic rings. The van der Waals surface area contributed by atoms with Crippen LogP contribution in [0.5, 0.6) is 0 Å². The van der Waals surface area contributed by atoms with Crippen LogP contribution in [0.1, 0.15) is 5.56 Å². The van der Waals surface area contributed by atoms with Gasteiger partial charge in [0, 0.05) is 20.5 Å². The van der Waals surface area contributed by atoms with Crippen LogP contribution in [-0.4, -0.2) is 55.1 Å². The lowest BCUT2D eigenvalue weighted by atomic mass is 10.2. The summed E-state index contributed by atoms with van der Waals surface area (Å²) in [5.41, 5.74) is 0.877. The minimum Gasteiger partial charge on any atom is -0.410 e. The molecule has 0 atom stereocenters. The Labute approximate surface area is 152 Å². The fourth-order valence-electron chi connectivity index (χ4n) is 2.01. The molecule has 11 heteroatoms. The van der Waals surface area contributed by atoms with Crippen LogP contribution < -0.4 is 5.32 Å². The molecule has 1 heterocycles. The van der Waals surface area contributed by atoms with Crippen molar-refractivity contribution in [3.63, 3.8) is 0 Å². The Hall–Kier alpha value is -1.95. The summed E-state index contributed by atoms with van der Waals surface area (Å²) in [5, 5.41) is 1.45. The molecule has 0 saturated carbocycles. The molecule has 1 aromatic heterocycles. The van der Waals surface area contributed by atoms with Crippen molar-refractivity contribution in [3.05, 3.63) is 29.8 Å². The van der Waals surface area contributed by atoms with Crippen LogP contribution >= 0.6 is 0 Å². The fraction of sp³-hybridized carbons (Fsp3) is 0.400. The van der Waals surface area contributed by atoms with E-state index in [1.807, 2.05) is 6.92 Å². The van der Waals surface area contributed by atoms with E-state index in [0.717, 1.165) is 11.8 Å². The maximum absolute atomic E-state index is 12.9. The molecule has 0 saturated heterocycles. The van der Waals surface area contributed by atoms with Crippen molar-refractivity contribution in [2.24, 2.45) is 0 Å². The maximum Gasteiger partial charge on any atom is 0.317 e. The van der Waals surface area contributed by atoms with Gasteiger partial charge in [0.1, 0.15) is 0 Å². The molecule has 0 spiro atoms. The molecule has 144 valence electrons. The summed E-state index contributed by atoms with van der Waals surface area (Å²) in [5.74, 6) is -0.301. The third-order valence-electron chi connectivity index (χ3n) is 3.43. The average Bonchev–Trinajstić information content (AvgIpc) is 3.01. The lowest BCUT2D eigenvalue weighted by molar-refractivity contribution is -0.0916. The second-order valence-corrected chi connectivity index (χ2v) is 9.24. The highest BCUT2D eigenvalue weighted by Gasteiger charge is 2.31. The van der Waals surface area contributed by atoms with Crippen LogP contribution in [0.15, 0.2) is 43.8 Å². The van der Waals surface area contributed by atoms with Crippen molar-refractivity contribution in [2.75, 3.05) is 32.3 Å². The number of oxazole rings is 1. The van der Waals surface area contributed by atoms with Gasteiger partial charge >= 0.3 is 5.22 Å². The van der Waals surface area contributed by atoms with E-state index in [4.69, 9.17) is 13.9 Å². The van der Waals surface area contributed by atoms with Gasteiger partial charge in [-0.25, -0.2) is 16.8 Å². The van der Waals surface area contributed by atoms with Crippen molar-refractivity contribution in [2.45, 2.75) is 28.4 Å². The predicted octanol–water partition coefficient (Wildman–Crippen LogP) is 1.25. The van der Waals surface area contributed by atoms with Crippen LogP contribution in [-0.2, 0) is 29.1 Å². The van der Waals surface area contributed by atoms with Gasteiger partial charge in [0.15, 0.2) is 6.29 Å². The number of hydrogen-bond donors (Lipinski definition) is 1. The largest absolute Gasteiger partial charge is 0.410 e. The Morgan fingerprint density at radius 1 is 1.12 bits per heavy atom. The first-order chi connectivity index (χ1) is 12.1. The van der Waals surface area contributed by atoms with Crippen LogP contribution in [0.4, 0.5) is 5.88 Å². The second-order valence-electron chi connectivity index (χ2n) is 5.48. The molecule has 0 aliphatic carbocycles. The summed E-state index contributed by atoms with van der Waals surface area (Å²) in [7, 11) is -5.14. The minimum absolute atomic E-state index is 0.0157. The van der Waals surface area contributed by atoms with Gasteiger partial charge in [0.05, 0.1) is 11.4 Å². The summed E-state index contributed by atoms with van der Waals surface area (Å²) in [6.07, 6.45) is 0.176. The lowest BCUT2D eigenvalue weighted by Crippen LogP contribution is -2.24. The standard InChI is InChI=1S/C15H20N2O7S2/c1-10-5-7-11(8-6-10)26(20,21)14-13(16-9-12(22-2)23-3)24-15(17-14)25(4,18)19/h5-8,12,16H,9H2,1-4H3. The molecule has 9 nitrogen and oxygen atoms in total. The summed E-state index contributed by atoms with van der Waals surface area (Å²) >= 11 is 0. The van der Waals surface area contributed by atoms with Gasteiger partial charge < -0.3 is 19.2 Å². The van der Waals surface area contributed by atoms with Crippen molar-refractivity contribution in [1.29, 1.82) is 0 Å². The molecule has 1 aromatic carbocycles. The third-order valence-corrected chi connectivity index (χ3v) is 5.92. The van der Waals surface area contributed by atoms with Gasteiger partial charge in [-0.2, -0.15) is 4.98 Å². The molecule has 0 aliphatic rings. The van der Waals surface area contributed by atoms with Crippen LogP contribution in [0.2, 0.25) is 0 Å². The number of anilines is 1. The molecule has 0 amide bonds. The second kappa shape index (κ2) is 7.74. The topological polar surface area (TPSA) is 125 Å². The fourth-order valence-corrected chi connectivity index (χ4v) is 3.84. The van der Waals surface area contributed by atoms with E-state index >= 15 is 0 Å². The van der Waals surface area contributed by atoms with Crippen molar-refractivity contribution in [1.82, 2.24) is 4.98 Å².